The highest BCUT2D eigenvalue weighted by molar-refractivity contribution is 5.77. The Kier molecular flexibility index (Phi) is 4.62. The number of carbonyl (C=O) groups excluding carboxylic acids is 1. The van der Waals surface area contributed by atoms with E-state index in [1.807, 2.05) is 0 Å². The molecule has 4 nitrogen and oxygen atoms in total. The van der Waals surface area contributed by atoms with E-state index in [2.05, 4.69) is 5.32 Å². The van der Waals surface area contributed by atoms with Crippen molar-refractivity contribution in [2.45, 2.75) is 69.4 Å². The summed E-state index contributed by atoms with van der Waals surface area (Å²) >= 11 is 0. The Balaban J connectivity index is 1.82. The van der Waals surface area contributed by atoms with E-state index in [4.69, 9.17) is 0 Å². The molecule has 0 radical (unpaired) electrons. The minimum absolute atomic E-state index is 0.0512. The summed E-state index contributed by atoms with van der Waals surface area (Å²) in [6, 6.07) is 0.0984. The number of aliphatic hydroxyl groups excluding tert-OH is 1. The van der Waals surface area contributed by atoms with Gasteiger partial charge in [-0.3, -0.25) is 4.79 Å². The summed E-state index contributed by atoms with van der Waals surface area (Å²) in [5, 5.41) is 22.5. The van der Waals surface area contributed by atoms with Gasteiger partial charge < -0.3 is 15.5 Å². The molecule has 4 heteroatoms. The average Bonchev–Trinajstić information content (AvgIpc) is 2.76. The first kappa shape index (κ1) is 13.8. The lowest BCUT2D eigenvalue weighted by Crippen LogP contribution is -2.45. The second-order valence-corrected chi connectivity index (χ2v) is 6.01. The van der Waals surface area contributed by atoms with Crippen molar-refractivity contribution in [3.63, 3.8) is 0 Å². The minimum Gasteiger partial charge on any atom is -0.396 e. The first-order valence-corrected chi connectivity index (χ1v) is 7.25. The summed E-state index contributed by atoms with van der Waals surface area (Å²) in [4.78, 5) is 12.0. The van der Waals surface area contributed by atoms with Crippen LogP contribution in [0.4, 0.5) is 0 Å². The molecule has 2 aliphatic rings. The van der Waals surface area contributed by atoms with Crippen molar-refractivity contribution in [1.29, 1.82) is 0 Å². The Morgan fingerprint density at radius 1 is 1.17 bits per heavy atom. The number of rotatable bonds is 4. The van der Waals surface area contributed by atoms with Crippen LogP contribution in [0.25, 0.3) is 0 Å². The lowest BCUT2D eigenvalue weighted by Gasteiger charge is -2.32. The number of aliphatic hydroxyl groups is 2. The Labute approximate surface area is 109 Å². The molecule has 0 aromatic rings. The maximum atomic E-state index is 12.0. The van der Waals surface area contributed by atoms with Crippen molar-refractivity contribution in [2.75, 3.05) is 6.61 Å². The largest absolute Gasteiger partial charge is 0.396 e. The van der Waals surface area contributed by atoms with E-state index < -0.39 is 5.60 Å². The highest BCUT2D eigenvalue weighted by Crippen LogP contribution is 2.32. The second kappa shape index (κ2) is 6.02. The van der Waals surface area contributed by atoms with Gasteiger partial charge in [-0.2, -0.15) is 0 Å². The zero-order valence-corrected chi connectivity index (χ0v) is 11.0. The molecular weight excluding hydrogens is 230 g/mol. The van der Waals surface area contributed by atoms with E-state index in [-0.39, 0.29) is 30.9 Å². The predicted molar refractivity (Wildman–Crippen MR) is 69.0 cm³/mol. The number of hydrogen-bond donors (Lipinski definition) is 3. The van der Waals surface area contributed by atoms with Gasteiger partial charge in [0.05, 0.1) is 12.0 Å². The summed E-state index contributed by atoms with van der Waals surface area (Å²) < 4.78 is 0. The SMILES string of the molecule is O=C(CC1(O)CCCC1)NC1CCCCC1CO. The lowest BCUT2D eigenvalue weighted by molar-refractivity contribution is -0.127. The molecule has 104 valence electrons. The fourth-order valence-corrected chi connectivity index (χ4v) is 3.38. The average molecular weight is 255 g/mol. The minimum atomic E-state index is -0.770. The van der Waals surface area contributed by atoms with Crippen LogP contribution >= 0.6 is 0 Å². The quantitative estimate of drug-likeness (QED) is 0.710. The van der Waals surface area contributed by atoms with E-state index >= 15 is 0 Å². The summed E-state index contributed by atoms with van der Waals surface area (Å²) in [7, 11) is 0. The molecule has 0 bridgehead atoms. The summed E-state index contributed by atoms with van der Waals surface area (Å²) in [6.45, 7) is 0.148. The normalized spacial score (nSPS) is 31.2. The van der Waals surface area contributed by atoms with Crippen molar-refractivity contribution in [3.05, 3.63) is 0 Å². The maximum Gasteiger partial charge on any atom is 0.223 e. The van der Waals surface area contributed by atoms with Gasteiger partial charge in [-0.1, -0.05) is 25.7 Å². The van der Waals surface area contributed by atoms with Gasteiger partial charge in [0.15, 0.2) is 0 Å². The van der Waals surface area contributed by atoms with Crippen LogP contribution in [0, 0.1) is 5.92 Å². The highest BCUT2D eigenvalue weighted by atomic mass is 16.3. The Hall–Kier alpha value is -0.610. The molecule has 0 saturated heterocycles. The van der Waals surface area contributed by atoms with Gasteiger partial charge in [0, 0.05) is 18.6 Å². The molecule has 1 amide bonds. The van der Waals surface area contributed by atoms with Crippen molar-refractivity contribution >= 4 is 5.91 Å². The summed E-state index contributed by atoms with van der Waals surface area (Å²) in [5.74, 6) is 0.144. The van der Waals surface area contributed by atoms with Crippen LogP contribution in [0.2, 0.25) is 0 Å². The number of hydrogen-bond acceptors (Lipinski definition) is 3. The van der Waals surface area contributed by atoms with Gasteiger partial charge in [-0.15, -0.1) is 0 Å². The molecule has 2 unspecified atom stereocenters. The fraction of sp³-hybridized carbons (Fsp3) is 0.929. The van der Waals surface area contributed by atoms with Gasteiger partial charge in [0.2, 0.25) is 5.91 Å². The van der Waals surface area contributed by atoms with E-state index in [0.717, 1.165) is 51.4 Å². The van der Waals surface area contributed by atoms with Crippen molar-refractivity contribution in [3.8, 4) is 0 Å². The maximum absolute atomic E-state index is 12.0. The smallest absolute Gasteiger partial charge is 0.223 e. The fourth-order valence-electron chi connectivity index (χ4n) is 3.38. The van der Waals surface area contributed by atoms with Crippen molar-refractivity contribution in [2.24, 2.45) is 5.92 Å². The van der Waals surface area contributed by atoms with Crippen LogP contribution in [0.1, 0.15) is 57.8 Å². The predicted octanol–water partition coefficient (Wildman–Crippen LogP) is 1.35. The molecule has 0 spiro atoms. The number of nitrogens with one attached hydrogen (secondary N) is 1. The van der Waals surface area contributed by atoms with Gasteiger partial charge in [0.25, 0.3) is 0 Å². The molecule has 18 heavy (non-hydrogen) atoms. The lowest BCUT2D eigenvalue weighted by atomic mass is 9.84. The van der Waals surface area contributed by atoms with Gasteiger partial charge >= 0.3 is 0 Å². The topological polar surface area (TPSA) is 69.6 Å². The number of amides is 1. The van der Waals surface area contributed by atoms with Gasteiger partial charge in [0.1, 0.15) is 0 Å². The Bertz CT molecular complexity index is 287. The summed E-state index contributed by atoms with van der Waals surface area (Å²) in [5.41, 5.74) is -0.770. The summed E-state index contributed by atoms with van der Waals surface area (Å²) in [6.07, 6.45) is 7.96. The molecule has 2 aliphatic carbocycles. The molecule has 2 fully saturated rings. The van der Waals surface area contributed by atoms with Crippen LogP contribution < -0.4 is 5.32 Å². The van der Waals surface area contributed by atoms with E-state index in [0.29, 0.717) is 0 Å². The number of carbonyl (C=O) groups is 1. The third kappa shape index (κ3) is 3.45. The van der Waals surface area contributed by atoms with E-state index in [1.165, 1.54) is 0 Å². The molecule has 0 aliphatic heterocycles. The molecule has 0 aromatic heterocycles. The van der Waals surface area contributed by atoms with Gasteiger partial charge in [-0.05, 0) is 25.7 Å². The van der Waals surface area contributed by atoms with Gasteiger partial charge in [-0.25, -0.2) is 0 Å². The third-order valence-electron chi connectivity index (χ3n) is 4.51. The second-order valence-electron chi connectivity index (χ2n) is 6.01. The Morgan fingerprint density at radius 3 is 2.50 bits per heavy atom. The van der Waals surface area contributed by atoms with E-state index in [9.17, 15) is 15.0 Å². The molecule has 0 aromatic carbocycles. The first-order chi connectivity index (χ1) is 8.63. The zero-order valence-electron chi connectivity index (χ0n) is 11.0. The van der Waals surface area contributed by atoms with Crippen molar-refractivity contribution < 1.29 is 15.0 Å². The van der Waals surface area contributed by atoms with Crippen LogP contribution in [0.5, 0.6) is 0 Å². The molecule has 2 atom stereocenters. The zero-order chi connectivity index (χ0) is 13.0. The third-order valence-corrected chi connectivity index (χ3v) is 4.51. The standard InChI is InChI=1S/C14H25NO3/c16-10-11-5-1-2-6-12(11)15-13(17)9-14(18)7-3-4-8-14/h11-12,16,18H,1-10H2,(H,15,17). The molecule has 0 heterocycles. The van der Waals surface area contributed by atoms with Crippen LogP contribution in [-0.2, 0) is 4.79 Å². The van der Waals surface area contributed by atoms with Crippen LogP contribution in [0.15, 0.2) is 0 Å². The van der Waals surface area contributed by atoms with Crippen LogP contribution in [0.3, 0.4) is 0 Å². The van der Waals surface area contributed by atoms with Crippen LogP contribution in [-0.4, -0.2) is 34.4 Å². The monoisotopic (exact) mass is 255 g/mol. The Morgan fingerprint density at radius 2 is 1.83 bits per heavy atom. The van der Waals surface area contributed by atoms with Crippen molar-refractivity contribution in [1.82, 2.24) is 5.32 Å². The molecular formula is C14H25NO3. The molecule has 2 saturated carbocycles. The van der Waals surface area contributed by atoms with E-state index in [1.54, 1.807) is 0 Å². The first-order valence-electron chi connectivity index (χ1n) is 7.25. The highest BCUT2D eigenvalue weighted by Gasteiger charge is 2.34. The molecule has 3 N–H and O–H groups in total. The molecule has 2 rings (SSSR count).